The van der Waals surface area contributed by atoms with Crippen molar-refractivity contribution < 1.29 is 0 Å². The monoisotopic (exact) mass is 242 g/mol. The van der Waals surface area contributed by atoms with Crippen LogP contribution in [0.1, 0.15) is 23.9 Å². The molecule has 2 rings (SSSR count). The fourth-order valence-corrected chi connectivity index (χ4v) is 1.73. The average Bonchev–Trinajstić information content (AvgIpc) is 2.36. The zero-order chi connectivity index (χ0) is 13.1. The van der Waals surface area contributed by atoms with Crippen LogP contribution in [0.5, 0.6) is 0 Å². The van der Waals surface area contributed by atoms with Crippen LogP contribution in [0.4, 0.5) is 17.3 Å². The Bertz CT molecular complexity index is 546. The minimum Gasteiger partial charge on any atom is -0.383 e. The van der Waals surface area contributed by atoms with Crippen molar-refractivity contribution in [3.63, 3.8) is 0 Å². The third-order valence-electron chi connectivity index (χ3n) is 2.92. The molecule has 0 amide bonds. The normalized spacial score (nSPS) is 10.4. The van der Waals surface area contributed by atoms with Gasteiger partial charge in [-0.25, -0.2) is 9.97 Å². The summed E-state index contributed by atoms with van der Waals surface area (Å²) < 4.78 is 0. The average molecular weight is 242 g/mol. The highest BCUT2D eigenvalue weighted by atomic mass is 15.1. The Labute approximate surface area is 107 Å². The van der Waals surface area contributed by atoms with Gasteiger partial charge < -0.3 is 11.1 Å². The van der Waals surface area contributed by atoms with Crippen molar-refractivity contribution in [1.29, 1.82) is 0 Å². The van der Waals surface area contributed by atoms with Crippen molar-refractivity contribution in [2.24, 2.45) is 0 Å². The molecule has 18 heavy (non-hydrogen) atoms. The van der Waals surface area contributed by atoms with E-state index in [-0.39, 0.29) is 0 Å². The number of aromatic nitrogens is 2. The maximum atomic E-state index is 5.83. The van der Waals surface area contributed by atoms with E-state index >= 15 is 0 Å². The van der Waals surface area contributed by atoms with E-state index in [0.29, 0.717) is 11.6 Å². The molecule has 1 heterocycles. The lowest BCUT2D eigenvalue weighted by Gasteiger charge is -2.11. The van der Waals surface area contributed by atoms with Gasteiger partial charge in [0.25, 0.3) is 0 Å². The first-order valence-electron chi connectivity index (χ1n) is 6.07. The summed E-state index contributed by atoms with van der Waals surface area (Å²) in [5.74, 6) is 1.96. The second-order valence-electron chi connectivity index (χ2n) is 4.31. The highest BCUT2D eigenvalue weighted by molar-refractivity contribution is 5.63. The molecule has 0 unspecified atom stereocenters. The van der Waals surface area contributed by atoms with Crippen LogP contribution < -0.4 is 11.1 Å². The van der Waals surface area contributed by atoms with Crippen molar-refractivity contribution >= 4 is 17.3 Å². The molecule has 0 saturated carbocycles. The van der Waals surface area contributed by atoms with Crippen molar-refractivity contribution in [3.05, 3.63) is 41.2 Å². The van der Waals surface area contributed by atoms with Gasteiger partial charge in [-0.05, 0) is 38.0 Å². The molecule has 0 atom stereocenters. The molecule has 0 aliphatic heterocycles. The van der Waals surface area contributed by atoms with Gasteiger partial charge in [-0.1, -0.05) is 19.1 Å². The number of nitrogens with zero attached hydrogens (tertiary/aromatic N) is 2. The van der Waals surface area contributed by atoms with Crippen molar-refractivity contribution in [1.82, 2.24) is 9.97 Å². The molecular weight excluding hydrogens is 224 g/mol. The molecule has 2 aromatic rings. The third kappa shape index (κ3) is 2.59. The Morgan fingerprint density at radius 2 is 1.78 bits per heavy atom. The fourth-order valence-electron chi connectivity index (χ4n) is 1.73. The van der Waals surface area contributed by atoms with Gasteiger partial charge in [-0.2, -0.15) is 0 Å². The Kier molecular flexibility index (Phi) is 3.46. The van der Waals surface area contributed by atoms with E-state index in [1.807, 2.05) is 26.0 Å². The number of hydrogen-bond donors (Lipinski definition) is 2. The van der Waals surface area contributed by atoms with Gasteiger partial charge >= 0.3 is 0 Å². The summed E-state index contributed by atoms with van der Waals surface area (Å²) >= 11 is 0. The van der Waals surface area contributed by atoms with Crippen LogP contribution in [0.3, 0.4) is 0 Å². The van der Waals surface area contributed by atoms with Gasteiger partial charge in [0.1, 0.15) is 17.5 Å². The molecule has 0 fully saturated rings. The minimum atomic E-state index is 0.523. The van der Waals surface area contributed by atoms with Gasteiger partial charge in [0.05, 0.1) is 0 Å². The number of benzene rings is 1. The first-order chi connectivity index (χ1) is 8.60. The summed E-state index contributed by atoms with van der Waals surface area (Å²) in [5, 5.41) is 3.27. The van der Waals surface area contributed by atoms with Crippen LogP contribution in [0.25, 0.3) is 0 Å². The second-order valence-corrected chi connectivity index (χ2v) is 4.31. The number of rotatable bonds is 3. The molecule has 3 N–H and O–H groups in total. The van der Waals surface area contributed by atoms with Crippen molar-refractivity contribution in [3.8, 4) is 0 Å². The summed E-state index contributed by atoms with van der Waals surface area (Å²) in [6.07, 6.45) is 1.04. The molecule has 4 heteroatoms. The number of nitrogens with two attached hydrogens (primary N) is 1. The van der Waals surface area contributed by atoms with Crippen LogP contribution >= 0.6 is 0 Å². The van der Waals surface area contributed by atoms with Gasteiger partial charge in [0, 0.05) is 11.3 Å². The molecular formula is C14H18N4. The lowest BCUT2D eigenvalue weighted by Crippen LogP contribution is -2.04. The van der Waals surface area contributed by atoms with Gasteiger partial charge in [-0.3, -0.25) is 0 Å². The second kappa shape index (κ2) is 5.04. The van der Waals surface area contributed by atoms with Crippen molar-refractivity contribution in [2.45, 2.75) is 27.2 Å². The van der Waals surface area contributed by atoms with E-state index in [0.717, 1.165) is 23.5 Å². The molecule has 0 radical (unpaired) electrons. The number of hydrogen-bond acceptors (Lipinski definition) is 4. The summed E-state index contributed by atoms with van der Waals surface area (Å²) in [7, 11) is 0. The van der Waals surface area contributed by atoms with Gasteiger partial charge in [-0.15, -0.1) is 0 Å². The predicted octanol–water partition coefficient (Wildman–Crippen LogP) is 2.98. The zero-order valence-electron chi connectivity index (χ0n) is 11.0. The SMILES string of the molecule is CCc1ccc(Nc2nc(C)nc(N)c2C)cc1. The number of anilines is 3. The standard InChI is InChI=1S/C14H18N4/c1-4-11-5-7-12(8-6-11)18-14-9(2)13(15)16-10(3)17-14/h5-8H,4H2,1-3H3,(H3,15,16,17,18). The van der Waals surface area contributed by atoms with E-state index in [9.17, 15) is 0 Å². The molecule has 0 spiro atoms. The van der Waals surface area contributed by atoms with E-state index < -0.39 is 0 Å². The molecule has 0 aliphatic carbocycles. The molecule has 0 saturated heterocycles. The Hall–Kier alpha value is -2.10. The maximum Gasteiger partial charge on any atom is 0.139 e. The van der Waals surface area contributed by atoms with Crippen LogP contribution in [0, 0.1) is 13.8 Å². The summed E-state index contributed by atoms with van der Waals surface area (Å²) in [6, 6.07) is 8.31. The third-order valence-corrected chi connectivity index (χ3v) is 2.92. The van der Waals surface area contributed by atoms with E-state index in [4.69, 9.17) is 5.73 Å². The van der Waals surface area contributed by atoms with E-state index in [1.54, 1.807) is 0 Å². The smallest absolute Gasteiger partial charge is 0.139 e. The molecule has 0 bridgehead atoms. The van der Waals surface area contributed by atoms with E-state index in [1.165, 1.54) is 5.56 Å². The topological polar surface area (TPSA) is 63.8 Å². The van der Waals surface area contributed by atoms with Crippen LogP contribution in [0.15, 0.2) is 24.3 Å². The quantitative estimate of drug-likeness (QED) is 0.868. The first-order valence-corrected chi connectivity index (χ1v) is 6.07. The first kappa shape index (κ1) is 12.4. The molecule has 0 aliphatic rings. The molecule has 4 nitrogen and oxygen atoms in total. The molecule has 1 aromatic heterocycles. The molecule has 1 aromatic carbocycles. The molecule has 94 valence electrons. The maximum absolute atomic E-state index is 5.83. The summed E-state index contributed by atoms with van der Waals surface area (Å²) in [4.78, 5) is 8.50. The van der Waals surface area contributed by atoms with Gasteiger partial charge in [0.15, 0.2) is 0 Å². The van der Waals surface area contributed by atoms with Crippen LogP contribution in [0.2, 0.25) is 0 Å². The number of nitrogen functional groups attached to an aromatic ring is 1. The zero-order valence-corrected chi connectivity index (χ0v) is 11.0. The van der Waals surface area contributed by atoms with Crippen LogP contribution in [-0.4, -0.2) is 9.97 Å². The largest absolute Gasteiger partial charge is 0.383 e. The lowest BCUT2D eigenvalue weighted by atomic mass is 10.1. The van der Waals surface area contributed by atoms with Gasteiger partial charge in [0.2, 0.25) is 0 Å². The predicted molar refractivity (Wildman–Crippen MR) is 75.0 cm³/mol. The number of nitrogens with one attached hydrogen (secondary N) is 1. The summed E-state index contributed by atoms with van der Waals surface area (Å²) in [6.45, 7) is 5.89. The highest BCUT2D eigenvalue weighted by Gasteiger charge is 2.06. The van der Waals surface area contributed by atoms with Crippen LogP contribution in [-0.2, 0) is 6.42 Å². The Morgan fingerprint density at radius 3 is 2.39 bits per heavy atom. The van der Waals surface area contributed by atoms with Crippen molar-refractivity contribution in [2.75, 3.05) is 11.1 Å². The Balaban J connectivity index is 2.27. The van der Waals surface area contributed by atoms with E-state index in [2.05, 4.69) is 34.3 Å². The minimum absolute atomic E-state index is 0.523. The Morgan fingerprint density at radius 1 is 1.11 bits per heavy atom. The highest BCUT2D eigenvalue weighted by Crippen LogP contribution is 2.21. The lowest BCUT2D eigenvalue weighted by molar-refractivity contribution is 1.04. The number of aryl methyl sites for hydroxylation is 2. The summed E-state index contributed by atoms with van der Waals surface area (Å²) in [5.41, 5.74) is 9.03. The fraction of sp³-hybridized carbons (Fsp3) is 0.286.